The molecule has 1 rings (SSSR count). The van der Waals surface area contributed by atoms with Crippen molar-refractivity contribution in [3.8, 4) is 0 Å². The second kappa shape index (κ2) is 3.91. The van der Waals surface area contributed by atoms with Gasteiger partial charge in [-0.2, -0.15) is 0 Å². The lowest BCUT2D eigenvalue weighted by Gasteiger charge is -2.11. The minimum absolute atomic E-state index is 0.0394. The summed E-state index contributed by atoms with van der Waals surface area (Å²) >= 11 is 0. The Kier molecular flexibility index (Phi) is 2.87. The number of nitrogens with zero attached hydrogens (tertiary/aromatic N) is 2. The lowest BCUT2D eigenvalue weighted by atomic mass is 10.4. The van der Waals surface area contributed by atoms with E-state index < -0.39 is 0 Å². The third kappa shape index (κ3) is 2.39. The molecule has 6 nitrogen and oxygen atoms in total. The number of carbonyl (C=O) groups is 1. The highest BCUT2D eigenvalue weighted by atomic mass is 16.7. The second-order valence-electron chi connectivity index (χ2n) is 2.42. The minimum Gasteiger partial charge on any atom is -0.370 e. The number of hydrogen-bond acceptors (Lipinski definition) is 3. The van der Waals surface area contributed by atoms with Crippen LogP contribution in [0.25, 0.3) is 0 Å². The molecule has 12 heavy (non-hydrogen) atoms. The summed E-state index contributed by atoms with van der Waals surface area (Å²) in [4.78, 5) is 19.7. The highest BCUT2D eigenvalue weighted by Crippen LogP contribution is 2.03. The van der Waals surface area contributed by atoms with Crippen molar-refractivity contribution in [2.24, 2.45) is 16.5 Å². The van der Waals surface area contributed by atoms with Crippen LogP contribution in [-0.2, 0) is 9.63 Å². The van der Waals surface area contributed by atoms with Gasteiger partial charge in [-0.15, -0.1) is 0 Å². The van der Waals surface area contributed by atoms with Gasteiger partial charge >= 0.3 is 0 Å². The smallest absolute Gasteiger partial charge is 0.267 e. The Labute approximate surface area is 70.1 Å². The molecule has 4 N–H and O–H groups in total. The van der Waals surface area contributed by atoms with Gasteiger partial charge in [0, 0.05) is 0 Å². The summed E-state index contributed by atoms with van der Waals surface area (Å²) < 4.78 is 0. The van der Waals surface area contributed by atoms with Crippen LogP contribution in [0.15, 0.2) is 4.99 Å². The maximum atomic E-state index is 11.1. The van der Waals surface area contributed by atoms with Crippen molar-refractivity contribution in [1.82, 2.24) is 5.06 Å². The van der Waals surface area contributed by atoms with Crippen molar-refractivity contribution in [1.29, 1.82) is 0 Å². The van der Waals surface area contributed by atoms with Gasteiger partial charge in [-0.3, -0.25) is 9.63 Å². The first-order valence-electron chi connectivity index (χ1n) is 3.69. The number of carbonyl (C=O) groups excluding carboxylic acids is 1. The molecule has 0 unspecified atom stereocenters. The molecule has 68 valence electrons. The topological polar surface area (TPSA) is 93.9 Å². The van der Waals surface area contributed by atoms with Gasteiger partial charge < -0.3 is 11.5 Å². The summed E-state index contributed by atoms with van der Waals surface area (Å²) in [6, 6.07) is 0. The first kappa shape index (κ1) is 8.79. The molecule has 0 atom stereocenters. The number of hydroxylamine groups is 2. The van der Waals surface area contributed by atoms with E-state index in [4.69, 9.17) is 16.3 Å². The lowest BCUT2D eigenvalue weighted by molar-refractivity contribution is -0.166. The zero-order valence-corrected chi connectivity index (χ0v) is 6.69. The van der Waals surface area contributed by atoms with Gasteiger partial charge in [0.2, 0.25) is 0 Å². The molecule has 1 amide bonds. The maximum absolute atomic E-state index is 11.1. The van der Waals surface area contributed by atoms with E-state index in [0.29, 0.717) is 13.2 Å². The Morgan fingerprint density at radius 2 is 2.33 bits per heavy atom. The molecule has 1 aliphatic rings. The Morgan fingerprint density at radius 3 is 2.83 bits per heavy atom. The van der Waals surface area contributed by atoms with Crippen LogP contribution in [-0.4, -0.2) is 36.6 Å². The van der Waals surface area contributed by atoms with Crippen LogP contribution >= 0.6 is 0 Å². The van der Waals surface area contributed by atoms with Gasteiger partial charge in [-0.25, -0.2) is 10.1 Å². The summed E-state index contributed by atoms with van der Waals surface area (Å²) in [5.41, 5.74) is 10.1. The lowest BCUT2D eigenvalue weighted by Crippen LogP contribution is -2.31. The minimum atomic E-state index is -0.207. The number of aliphatic imine (C=N–C) groups is 1. The van der Waals surface area contributed by atoms with Crippen LogP contribution in [0, 0.1) is 0 Å². The van der Waals surface area contributed by atoms with E-state index in [1.165, 1.54) is 5.06 Å². The third-order valence-electron chi connectivity index (χ3n) is 1.43. The molecule has 0 spiro atoms. The predicted molar refractivity (Wildman–Crippen MR) is 43.0 cm³/mol. The molecule has 1 aliphatic heterocycles. The van der Waals surface area contributed by atoms with Crippen LogP contribution in [0.3, 0.4) is 0 Å². The monoisotopic (exact) mass is 172 g/mol. The fourth-order valence-electron chi connectivity index (χ4n) is 0.882. The molecular weight excluding hydrogens is 160 g/mol. The van der Waals surface area contributed by atoms with Crippen molar-refractivity contribution in [2.75, 3.05) is 19.7 Å². The molecule has 0 aliphatic carbocycles. The number of nitrogens with two attached hydrogens (primary N) is 2. The average molecular weight is 172 g/mol. The molecule has 6 heteroatoms. The highest BCUT2D eigenvalue weighted by Gasteiger charge is 2.18. The predicted octanol–water partition coefficient (Wildman–Crippen LogP) is -1.58. The summed E-state index contributed by atoms with van der Waals surface area (Å²) in [7, 11) is 0. The van der Waals surface area contributed by atoms with E-state index in [1.54, 1.807) is 0 Å². The summed E-state index contributed by atoms with van der Waals surface area (Å²) in [6.45, 7) is 1.18. The standard InChI is InChI=1S/C6H12N4O2/c7-6(8)9-4-5(11)10-2-1-3-12-10/h1-4H2,(H4,7,8,9). The van der Waals surface area contributed by atoms with Crippen molar-refractivity contribution in [2.45, 2.75) is 6.42 Å². The van der Waals surface area contributed by atoms with Gasteiger partial charge in [-0.1, -0.05) is 0 Å². The van der Waals surface area contributed by atoms with E-state index in [9.17, 15) is 4.79 Å². The molecule has 1 saturated heterocycles. The van der Waals surface area contributed by atoms with Crippen molar-refractivity contribution in [3.63, 3.8) is 0 Å². The highest BCUT2D eigenvalue weighted by molar-refractivity contribution is 5.82. The number of hydrogen-bond donors (Lipinski definition) is 2. The third-order valence-corrected chi connectivity index (χ3v) is 1.43. The van der Waals surface area contributed by atoms with Gasteiger partial charge in [-0.05, 0) is 6.42 Å². The van der Waals surface area contributed by atoms with Crippen LogP contribution < -0.4 is 11.5 Å². The zero-order valence-electron chi connectivity index (χ0n) is 6.69. The molecule has 0 saturated carbocycles. The Balaban J connectivity index is 2.32. The van der Waals surface area contributed by atoms with Gasteiger partial charge in [0.25, 0.3) is 5.91 Å². The van der Waals surface area contributed by atoms with E-state index >= 15 is 0 Å². The SMILES string of the molecule is NC(N)=NCC(=O)N1CCCO1. The van der Waals surface area contributed by atoms with Crippen molar-refractivity contribution >= 4 is 11.9 Å². The first-order chi connectivity index (χ1) is 5.70. The molecule has 0 radical (unpaired) electrons. The molecular formula is C6H12N4O2. The summed E-state index contributed by atoms with van der Waals surface area (Å²) in [5, 5.41) is 1.28. The molecule has 1 fully saturated rings. The Morgan fingerprint density at radius 1 is 1.58 bits per heavy atom. The molecule has 0 bridgehead atoms. The Hall–Kier alpha value is -1.30. The number of guanidine groups is 1. The van der Waals surface area contributed by atoms with Crippen LogP contribution in [0.1, 0.15) is 6.42 Å². The van der Waals surface area contributed by atoms with Crippen molar-refractivity contribution < 1.29 is 9.63 Å². The van der Waals surface area contributed by atoms with E-state index in [1.807, 2.05) is 0 Å². The molecule has 0 aromatic heterocycles. The van der Waals surface area contributed by atoms with E-state index in [0.717, 1.165) is 6.42 Å². The fraction of sp³-hybridized carbons (Fsp3) is 0.667. The fourth-order valence-corrected chi connectivity index (χ4v) is 0.882. The van der Waals surface area contributed by atoms with Crippen LogP contribution in [0.5, 0.6) is 0 Å². The van der Waals surface area contributed by atoms with E-state index in [-0.39, 0.29) is 18.4 Å². The van der Waals surface area contributed by atoms with Crippen LogP contribution in [0.2, 0.25) is 0 Å². The molecule has 0 aromatic rings. The second-order valence-corrected chi connectivity index (χ2v) is 2.42. The van der Waals surface area contributed by atoms with E-state index in [2.05, 4.69) is 4.99 Å². The number of amides is 1. The molecule has 1 heterocycles. The normalized spacial score (nSPS) is 16.2. The van der Waals surface area contributed by atoms with Crippen molar-refractivity contribution in [3.05, 3.63) is 0 Å². The van der Waals surface area contributed by atoms with Gasteiger partial charge in [0.05, 0.1) is 13.2 Å². The first-order valence-corrected chi connectivity index (χ1v) is 3.69. The van der Waals surface area contributed by atoms with Gasteiger partial charge in [0.1, 0.15) is 6.54 Å². The Bertz CT molecular complexity index is 194. The summed E-state index contributed by atoms with van der Waals surface area (Å²) in [6.07, 6.45) is 0.869. The number of rotatable bonds is 2. The molecule has 0 aromatic carbocycles. The maximum Gasteiger partial charge on any atom is 0.267 e. The average Bonchev–Trinajstić information content (AvgIpc) is 2.51. The van der Waals surface area contributed by atoms with Crippen LogP contribution in [0.4, 0.5) is 0 Å². The quantitative estimate of drug-likeness (QED) is 0.388. The van der Waals surface area contributed by atoms with Gasteiger partial charge in [0.15, 0.2) is 5.96 Å². The largest absolute Gasteiger partial charge is 0.370 e. The zero-order chi connectivity index (χ0) is 8.97. The summed E-state index contributed by atoms with van der Waals surface area (Å²) in [5.74, 6) is -0.288.